The number of fused-ring (bicyclic) bond motifs is 1. The Morgan fingerprint density at radius 2 is 2.17 bits per heavy atom. The Labute approximate surface area is 147 Å². The number of hydrogen-bond acceptors (Lipinski definition) is 3. The fourth-order valence-corrected chi connectivity index (χ4v) is 3.55. The van der Waals surface area contributed by atoms with Gasteiger partial charge in [-0.15, -0.1) is 0 Å². The fraction of sp³-hybridized carbons (Fsp3) is 0.471. The van der Waals surface area contributed by atoms with Crippen LogP contribution in [0.5, 0.6) is 5.75 Å². The number of aromatic nitrogens is 2. The largest absolute Gasteiger partial charge is 0.496 e. The molecule has 130 valence electrons. The van der Waals surface area contributed by atoms with Gasteiger partial charge in [-0.25, -0.2) is 13.8 Å². The number of nitrogens with zero attached hydrogens (tertiary/aromatic N) is 2. The zero-order chi connectivity index (χ0) is 17.5. The van der Waals surface area contributed by atoms with Gasteiger partial charge in [-0.05, 0) is 35.0 Å². The van der Waals surface area contributed by atoms with Crippen molar-refractivity contribution in [3.05, 3.63) is 34.1 Å². The molecule has 2 aromatic rings. The first kappa shape index (κ1) is 17.4. The predicted molar refractivity (Wildman–Crippen MR) is 90.6 cm³/mol. The minimum absolute atomic E-state index is 0.0623. The predicted octanol–water partition coefficient (Wildman–Crippen LogP) is 4.39. The molecule has 4 nitrogen and oxygen atoms in total. The number of ether oxygens (including phenoxy) is 2. The summed E-state index contributed by atoms with van der Waals surface area (Å²) in [5.74, 6) is -2.08. The van der Waals surface area contributed by atoms with Crippen molar-refractivity contribution in [3.63, 3.8) is 0 Å². The van der Waals surface area contributed by atoms with Crippen LogP contribution in [-0.4, -0.2) is 29.4 Å². The molecule has 0 amide bonds. The fourth-order valence-electron chi connectivity index (χ4n) is 2.97. The van der Waals surface area contributed by atoms with Gasteiger partial charge in [0, 0.05) is 18.9 Å². The van der Waals surface area contributed by atoms with Crippen LogP contribution in [0.4, 0.5) is 8.78 Å². The molecule has 3 rings (SSSR count). The first-order valence-electron chi connectivity index (χ1n) is 7.74. The molecule has 0 radical (unpaired) electrons. The van der Waals surface area contributed by atoms with E-state index in [2.05, 4.69) is 25.5 Å². The SMILES string of the molecule is COc1cc(-c2nc(Br)c3n2C[C@@H](C)OCC3)ccc1C(C)(F)F. The van der Waals surface area contributed by atoms with Crippen molar-refractivity contribution in [2.75, 3.05) is 13.7 Å². The van der Waals surface area contributed by atoms with E-state index in [1.807, 2.05) is 6.92 Å². The summed E-state index contributed by atoms with van der Waals surface area (Å²) in [5.41, 5.74) is 1.66. The van der Waals surface area contributed by atoms with Crippen molar-refractivity contribution < 1.29 is 18.3 Å². The first-order valence-corrected chi connectivity index (χ1v) is 8.53. The average molecular weight is 401 g/mol. The highest BCUT2D eigenvalue weighted by Crippen LogP contribution is 2.38. The van der Waals surface area contributed by atoms with Crippen molar-refractivity contribution >= 4 is 15.9 Å². The molecule has 1 aliphatic rings. The van der Waals surface area contributed by atoms with Crippen LogP contribution in [0.1, 0.15) is 25.1 Å². The summed E-state index contributed by atoms with van der Waals surface area (Å²) in [6.45, 7) is 4.17. The molecule has 0 spiro atoms. The van der Waals surface area contributed by atoms with E-state index in [9.17, 15) is 8.78 Å². The molecule has 0 N–H and O–H groups in total. The van der Waals surface area contributed by atoms with Gasteiger partial charge in [0.25, 0.3) is 5.92 Å². The molecule has 24 heavy (non-hydrogen) atoms. The summed E-state index contributed by atoms with van der Waals surface area (Å²) in [7, 11) is 1.40. The van der Waals surface area contributed by atoms with Crippen LogP contribution in [0, 0.1) is 0 Å². The number of methoxy groups -OCH3 is 1. The lowest BCUT2D eigenvalue weighted by atomic mass is 10.1. The van der Waals surface area contributed by atoms with Gasteiger partial charge in [-0.2, -0.15) is 0 Å². The zero-order valence-electron chi connectivity index (χ0n) is 13.8. The highest BCUT2D eigenvalue weighted by molar-refractivity contribution is 9.10. The molecule has 2 heterocycles. The van der Waals surface area contributed by atoms with Crippen molar-refractivity contribution in [2.24, 2.45) is 0 Å². The maximum Gasteiger partial charge on any atom is 0.274 e. The molecule has 1 aliphatic heterocycles. The second kappa shape index (κ2) is 6.44. The van der Waals surface area contributed by atoms with Gasteiger partial charge in [-0.1, -0.05) is 6.07 Å². The zero-order valence-corrected chi connectivity index (χ0v) is 15.4. The lowest BCUT2D eigenvalue weighted by Gasteiger charge is -2.17. The molecule has 7 heteroatoms. The normalized spacial score (nSPS) is 18.2. The van der Waals surface area contributed by atoms with E-state index in [4.69, 9.17) is 9.47 Å². The highest BCUT2D eigenvalue weighted by atomic mass is 79.9. The molecule has 0 saturated carbocycles. The maximum atomic E-state index is 13.7. The number of halogens is 3. The Kier molecular flexibility index (Phi) is 4.66. The van der Waals surface area contributed by atoms with E-state index in [0.717, 1.165) is 35.0 Å². The van der Waals surface area contributed by atoms with Gasteiger partial charge in [0.05, 0.1) is 37.6 Å². The number of alkyl halides is 2. The van der Waals surface area contributed by atoms with Gasteiger partial charge < -0.3 is 14.0 Å². The van der Waals surface area contributed by atoms with E-state index in [1.54, 1.807) is 12.1 Å². The summed E-state index contributed by atoms with van der Waals surface area (Å²) in [6.07, 6.45) is 0.812. The van der Waals surface area contributed by atoms with Crippen LogP contribution in [0.15, 0.2) is 22.8 Å². The van der Waals surface area contributed by atoms with Crippen LogP contribution < -0.4 is 4.74 Å². The van der Waals surface area contributed by atoms with Gasteiger partial charge in [0.15, 0.2) is 0 Å². The molecule has 1 atom stereocenters. The first-order chi connectivity index (χ1) is 11.3. The van der Waals surface area contributed by atoms with Gasteiger partial charge in [-0.3, -0.25) is 0 Å². The van der Waals surface area contributed by atoms with Crippen LogP contribution in [-0.2, 0) is 23.6 Å². The van der Waals surface area contributed by atoms with Crippen LogP contribution >= 0.6 is 15.9 Å². The third-order valence-electron chi connectivity index (χ3n) is 4.14. The molecule has 1 aromatic heterocycles. The minimum atomic E-state index is -2.96. The summed E-state index contributed by atoms with van der Waals surface area (Å²) in [5, 5.41) is 0. The number of imidazole rings is 1. The Morgan fingerprint density at radius 3 is 2.83 bits per heavy atom. The number of hydrogen-bond donors (Lipinski definition) is 0. The average Bonchev–Trinajstić information content (AvgIpc) is 2.70. The van der Waals surface area contributed by atoms with Crippen molar-refractivity contribution in [3.8, 4) is 17.1 Å². The maximum absolute atomic E-state index is 13.7. The summed E-state index contributed by atoms with van der Waals surface area (Å²) >= 11 is 3.50. The van der Waals surface area contributed by atoms with E-state index in [1.165, 1.54) is 13.2 Å². The molecular formula is C17H19BrF2N2O2. The highest BCUT2D eigenvalue weighted by Gasteiger charge is 2.29. The van der Waals surface area contributed by atoms with Crippen molar-refractivity contribution in [2.45, 2.75) is 38.8 Å². The van der Waals surface area contributed by atoms with Gasteiger partial charge in [0.2, 0.25) is 0 Å². The summed E-state index contributed by atoms with van der Waals surface area (Å²) in [6, 6.07) is 4.68. The van der Waals surface area contributed by atoms with E-state index >= 15 is 0 Å². The topological polar surface area (TPSA) is 36.3 Å². The third-order valence-corrected chi connectivity index (χ3v) is 4.77. The Hall–Kier alpha value is -1.47. The molecular weight excluding hydrogens is 382 g/mol. The molecule has 0 fully saturated rings. The lowest BCUT2D eigenvalue weighted by molar-refractivity contribution is 0.0151. The Bertz CT molecular complexity index is 756. The van der Waals surface area contributed by atoms with Gasteiger partial charge in [0.1, 0.15) is 16.2 Å². The second-order valence-electron chi connectivity index (χ2n) is 6.02. The Morgan fingerprint density at radius 1 is 1.42 bits per heavy atom. The van der Waals surface area contributed by atoms with E-state index in [-0.39, 0.29) is 17.4 Å². The number of benzene rings is 1. The van der Waals surface area contributed by atoms with Gasteiger partial charge >= 0.3 is 0 Å². The third kappa shape index (κ3) is 3.19. The van der Waals surface area contributed by atoms with Crippen molar-refractivity contribution in [1.82, 2.24) is 9.55 Å². The van der Waals surface area contributed by atoms with E-state index in [0.29, 0.717) is 13.2 Å². The quantitative estimate of drug-likeness (QED) is 0.766. The smallest absolute Gasteiger partial charge is 0.274 e. The summed E-state index contributed by atoms with van der Waals surface area (Å²) < 4.78 is 41.1. The second-order valence-corrected chi connectivity index (χ2v) is 6.77. The van der Waals surface area contributed by atoms with E-state index < -0.39 is 5.92 Å². The summed E-state index contributed by atoms with van der Waals surface area (Å²) in [4.78, 5) is 4.59. The molecule has 0 unspecified atom stereocenters. The molecule has 0 aliphatic carbocycles. The number of rotatable bonds is 3. The monoisotopic (exact) mass is 400 g/mol. The van der Waals surface area contributed by atoms with Crippen LogP contribution in [0.3, 0.4) is 0 Å². The molecule has 0 bridgehead atoms. The molecule has 0 saturated heterocycles. The van der Waals surface area contributed by atoms with Crippen molar-refractivity contribution in [1.29, 1.82) is 0 Å². The molecule has 1 aromatic carbocycles. The minimum Gasteiger partial charge on any atom is -0.496 e. The Balaban J connectivity index is 2.10. The van der Waals surface area contributed by atoms with Crippen LogP contribution in [0.2, 0.25) is 0 Å². The lowest BCUT2D eigenvalue weighted by Crippen LogP contribution is -2.15. The standard InChI is InChI=1S/C17H19BrF2N2O2/c1-10-9-22-13(6-7-24-10)15(18)21-16(22)11-4-5-12(17(2,19)20)14(8-11)23-3/h4-5,8,10H,6-7,9H2,1-3H3/t10-/m1/s1. The van der Waals surface area contributed by atoms with Crippen LogP contribution in [0.25, 0.3) is 11.4 Å².